The maximum Gasteiger partial charge on any atom is 0.410 e. The van der Waals surface area contributed by atoms with Crippen molar-refractivity contribution in [2.45, 2.75) is 71.5 Å². The number of rotatable bonds is 3. The van der Waals surface area contributed by atoms with Crippen LogP contribution in [0.4, 0.5) is 22.2 Å². The Kier molecular flexibility index (Phi) is 6.74. The maximum atomic E-state index is 12.4. The molecule has 5 heterocycles. The van der Waals surface area contributed by atoms with Crippen LogP contribution in [0.2, 0.25) is 0 Å². The average molecular weight is 558 g/mol. The van der Waals surface area contributed by atoms with Crippen molar-refractivity contribution < 1.29 is 14.3 Å². The second kappa shape index (κ2) is 10.2. The first-order valence-electron chi connectivity index (χ1n) is 14.5. The fourth-order valence-corrected chi connectivity index (χ4v) is 5.80. The van der Waals surface area contributed by atoms with Crippen molar-refractivity contribution in [3.05, 3.63) is 48.5 Å². The highest BCUT2D eigenvalue weighted by atomic mass is 16.6. The van der Waals surface area contributed by atoms with Gasteiger partial charge in [-0.1, -0.05) is 13.8 Å². The molecule has 6 rings (SSSR count). The summed E-state index contributed by atoms with van der Waals surface area (Å²) in [7, 11) is 0. The van der Waals surface area contributed by atoms with Gasteiger partial charge in [0, 0.05) is 49.7 Å². The summed E-state index contributed by atoms with van der Waals surface area (Å²) in [5, 5.41) is 3.30. The lowest BCUT2D eigenvalue weighted by Crippen LogP contribution is -2.50. The molecule has 0 aromatic carbocycles. The molecule has 3 aromatic rings. The topological polar surface area (TPSA) is 106 Å². The van der Waals surface area contributed by atoms with Crippen molar-refractivity contribution in [1.82, 2.24) is 24.8 Å². The quantitative estimate of drug-likeness (QED) is 0.420. The van der Waals surface area contributed by atoms with Crippen LogP contribution < -0.4 is 15.0 Å². The van der Waals surface area contributed by atoms with Crippen molar-refractivity contribution >= 4 is 23.5 Å². The van der Waals surface area contributed by atoms with Gasteiger partial charge in [-0.15, -0.1) is 0 Å². The van der Waals surface area contributed by atoms with Crippen molar-refractivity contribution in [3.63, 3.8) is 0 Å². The molecular formula is C31H39N7O3. The lowest BCUT2D eigenvalue weighted by molar-refractivity contribution is -0.0161. The minimum Gasteiger partial charge on any atom is -0.464 e. The van der Waals surface area contributed by atoms with Crippen LogP contribution in [0.1, 0.15) is 66.0 Å². The number of ether oxygens (including phenoxy) is 2. The summed E-state index contributed by atoms with van der Waals surface area (Å²) in [5.74, 6) is 1.82. The van der Waals surface area contributed by atoms with Crippen molar-refractivity contribution in [2.24, 2.45) is 5.41 Å². The Hall–Kier alpha value is -3.95. The third kappa shape index (κ3) is 5.64. The third-order valence-electron chi connectivity index (χ3n) is 8.27. The van der Waals surface area contributed by atoms with Gasteiger partial charge in [-0.05, 0) is 76.1 Å². The van der Waals surface area contributed by atoms with Gasteiger partial charge < -0.3 is 24.6 Å². The van der Waals surface area contributed by atoms with Crippen molar-refractivity contribution in [2.75, 3.05) is 36.4 Å². The summed E-state index contributed by atoms with van der Waals surface area (Å²) in [5.41, 5.74) is 3.12. The minimum atomic E-state index is -0.510. The van der Waals surface area contributed by atoms with Crippen LogP contribution in [0, 0.1) is 5.41 Å². The zero-order valence-electron chi connectivity index (χ0n) is 24.6. The molecule has 41 heavy (non-hydrogen) atoms. The van der Waals surface area contributed by atoms with Gasteiger partial charge in [-0.3, -0.25) is 0 Å². The molecule has 10 nitrogen and oxygen atoms in total. The largest absolute Gasteiger partial charge is 0.464 e. The van der Waals surface area contributed by atoms with E-state index in [0.29, 0.717) is 30.7 Å². The van der Waals surface area contributed by atoms with Gasteiger partial charge in [-0.2, -0.15) is 0 Å². The van der Waals surface area contributed by atoms with E-state index >= 15 is 0 Å². The number of pyridine rings is 2. The van der Waals surface area contributed by atoms with Gasteiger partial charge in [0.15, 0.2) is 5.60 Å². The van der Waals surface area contributed by atoms with Crippen LogP contribution in [-0.2, 0) is 10.3 Å². The van der Waals surface area contributed by atoms with Gasteiger partial charge >= 0.3 is 6.09 Å². The molecule has 10 heteroatoms. The standard InChI is InChI=1S/C31H39N7O3/c1-29(2,3)41-28(39)38-17-15-37(16-18-38)21-8-9-24(33-19-21)35-27-34-20-23-22-7-6-14-32-26(22)40-31(25(23)36-27)12-10-30(4,5)11-13-31/h6-9,14,19-20H,10-13,15-18H2,1-5H3,(H,33,34,35,36). The second-order valence-electron chi connectivity index (χ2n) is 13.1. The smallest absolute Gasteiger partial charge is 0.410 e. The Morgan fingerprint density at radius 1 is 0.951 bits per heavy atom. The van der Waals surface area contributed by atoms with Gasteiger partial charge in [0.05, 0.1) is 17.6 Å². The molecular weight excluding hydrogens is 518 g/mol. The number of nitrogens with zero attached hydrogens (tertiary/aromatic N) is 6. The predicted molar refractivity (Wildman–Crippen MR) is 157 cm³/mol. The van der Waals surface area contributed by atoms with Gasteiger partial charge in [-0.25, -0.2) is 24.7 Å². The SMILES string of the molecule is CC1(C)CCC2(CC1)Oc1ncccc1-c1cnc(Nc3ccc(N4CCN(C(=O)OC(C)(C)C)CC4)cn3)nc12. The zero-order valence-corrected chi connectivity index (χ0v) is 24.6. The maximum absolute atomic E-state index is 12.4. The van der Waals surface area contributed by atoms with Crippen LogP contribution in [0.15, 0.2) is 42.9 Å². The summed E-state index contributed by atoms with van der Waals surface area (Å²) in [6, 6.07) is 7.91. The van der Waals surface area contributed by atoms with Crippen LogP contribution >= 0.6 is 0 Å². The third-order valence-corrected chi connectivity index (χ3v) is 8.27. The Balaban J connectivity index is 1.17. The number of nitrogens with one attached hydrogen (secondary N) is 1. The molecule has 1 saturated heterocycles. The number of hydrogen-bond acceptors (Lipinski definition) is 9. The number of hydrogen-bond donors (Lipinski definition) is 1. The molecule has 1 aliphatic carbocycles. The van der Waals surface area contributed by atoms with Crippen LogP contribution in [0.3, 0.4) is 0 Å². The minimum absolute atomic E-state index is 0.260. The summed E-state index contributed by atoms with van der Waals surface area (Å²) in [6.45, 7) is 12.9. The monoisotopic (exact) mass is 557 g/mol. The Morgan fingerprint density at radius 2 is 1.71 bits per heavy atom. The van der Waals surface area contributed by atoms with E-state index in [0.717, 1.165) is 61.3 Å². The lowest BCUT2D eigenvalue weighted by atomic mass is 9.68. The van der Waals surface area contributed by atoms with E-state index in [4.69, 9.17) is 14.5 Å². The summed E-state index contributed by atoms with van der Waals surface area (Å²) >= 11 is 0. The van der Waals surface area contributed by atoms with E-state index in [1.165, 1.54) is 0 Å². The number of anilines is 3. The van der Waals surface area contributed by atoms with E-state index in [2.05, 4.69) is 39.0 Å². The number of aromatic nitrogens is 4. The molecule has 0 unspecified atom stereocenters. The number of carbonyl (C=O) groups is 1. The first-order chi connectivity index (χ1) is 19.5. The molecule has 1 spiro atoms. The molecule has 2 fully saturated rings. The molecule has 1 saturated carbocycles. The molecule has 1 N–H and O–H groups in total. The lowest BCUT2D eigenvalue weighted by Gasteiger charge is -2.45. The van der Waals surface area contributed by atoms with E-state index in [1.54, 1.807) is 11.1 Å². The first kappa shape index (κ1) is 27.2. The van der Waals surface area contributed by atoms with E-state index in [1.807, 2.05) is 57.4 Å². The number of fused-ring (bicyclic) bond motifs is 4. The summed E-state index contributed by atoms with van der Waals surface area (Å²) < 4.78 is 12.1. The number of carbonyl (C=O) groups excluding carboxylic acids is 1. The number of amides is 1. The molecule has 1 amide bonds. The van der Waals surface area contributed by atoms with Crippen LogP contribution in [0.5, 0.6) is 5.88 Å². The van der Waals surface area contributed by atoms with E-state index in [9.17, 15) is 4.79 Å². The Morgan fingerprint density at radius 3 is 2.39 bits per heavy atom. The van der Waals surface area contributed by atoms with Crippen molar-refractivity contribution in [3.8, 4) is 17.0 Å². The molecule has 2 aliphatic heterocycles. The molecule has 0 atom stereocenters. The van der Waals surface area contributed by atoms with E-state index < -0.39 is 11.2 Å². The van der Waals surface area contributed by atoms with Crippen LogP contribution in [0.25, 0.3) is 11.1 Å². The highest BCUT2D eigenvalue weighted by molar-refractivity contribution is 5.74. The Bertz CT molecular complexity index is 1420. The average Bonchev–Trinajstić information content (AvgIpc) is 2.94. The Labute approximate surface area is 241 Å². The molecule has 0 bridgehead atoms. The normalized spacial score (nSPS) is 19.1. The van der Waals surface area contributed by atoms with Gasteiger partial charge in [0.25, 0.3) is 0 Å². The molecule has 3 aromatic heterocycles. The summed E-state index contributed by atoms with van der Waals surface area (Å²) in [6.07, 6.45) is 9.11. The number of piperazine rings is 1. The van der Waals surface area contributed by atoms with Gasteiger partial charge in [0.2, 0.25) is 11.8 Å². The highest BCUT2D eigenvalue weighted by Crippen LogP contribution is 2.53. The second-order valence-corrected chi connectivity index (χ2v) is 13.1. The van der Waals surface area contributed by atoms with E-state index in [-0.39, 0.29) is 11.5 Å². The highest BCUT2D eigenvalue weighted by Gasteiger charge is 2.47. The van der Waals surface area contributed by atoms with Crippen molar-refractivity contribution in [1.29, 1.82) is 0 Å². The fourth-order valence-electron chi connectivity index (χ4n) is 5.80. The predicted octanol–water partition coefficient (Wildman–Crippen LogP) is 5.92. The summed E-state index contributed by atoms with van der Waals surface area (Å²) in [4.78, 5) is 35.2. The van der Waals surface area contributed by atoms with Gasteiger partial charge in [0.1, 0.15) is 11.4 Å². The molecule has 216 valence electrons. The molecule has 0 radical (unpaired) electrons. The fraction of sp³-hybridized carbons (Fsp3) is 0.516. The zero-order chi connectivity index (χ0) is 28.8. The van der Waals surface area contributed by atoms with Crippen LogP contribution in [-0.4, -0.2) is 62.7 Å². The molecule has 3 aliphatic rings. The first-order valence-corrected chi connectivity index (χ1v) is 14.5.